The van der Waals surface area contributed by atoms with Crippen LogP contribution in [0.3, 0.4) is 0 Å². The predicted octanol–water partition coefficient (Wildman–Crippen LogP) is 3.30. The van der Waals surface area contributed by atoms with Gasteiger partial charge in [-0.15, -0.1) is 0 Å². The molecule has 0 fully saturated rings. The van der Waals surface area contributed by atoms with Gasteiger partial charge in [-0.1, -0.05) is 6.08 Å². The first-order valence-electron chi connectivity index (χ1n) is 6.65. The van der Waals surface area contributed by atoms with E-state index in [1.807, 2.05) is 19.1 Å². The van der Waals surface area contributed by atoms with Crippen LogP contribution >= 0.6 is 0 Å². The molecule has 1 aromatic carbocycles. The molecule has 3 heteroatoms. The molecule has 1 aliphatic heterocycles. The topological polar surface area (TPSA) is 39.4 Å². The Balaban J connectivity index is 2.06. The minimum absolute atomic E-state index is 0.0974. The van der Waals surface area contributed by atoms with Gasteiger partial charge in [0.2, 0.25) is 0 Å². The summed E-state index contributed by atoms with van der Waals surface area (Å²) in [5.74, 6) is 1.18. The fourth-order valence-electron chi connectivity index (χ4n) is 3.22. The van der Waals surface area contributed by atoms with Gasteiger partial charge in [-0.3, -0.25) is 0 Å². The third-order valence-electron chi connectivity index (χ3n) is 4.12. The molecule has 1 aliphatic carbocycles. The Morgan fingerprint density at radius 2 is 2.21 bits per heavy atom. The number of allylic oxidation sites excluding steroid dienone is 1. The molecule has 2 aromatic rings. The zero-order valence-corrected chi connectivity index (χ0v) is 10.7. The molecule has 0 bridgehead atoms. The van der Waals surface area contributed by atoms with Crippen LogP contribution in [0.5, 0.6) is 5.75 Å². The molecule has 0 amide bonds. The lowest BCUT2D eigenvalue weighted by Gasteiger charge is -2.19. The van der Waals surface area contributed by atoms with Crippen LogP contribution in [0.25, 0.3) is 11.0 Å². The highest BCUT2D eigenvalue weighted by Crippen LogP contribution is 2.46. The zero-order chi connectivity index (χ0) is 13.0. The molecule has 0 radical (unpaired) electrons. The maximum absolute atomic E-state index is 11.6. The quantitative estimate of drug-likeness (QED) is 0.535. The molecule has 3 nitrogen and oxygen atoms in total. The van der Waals surface area contributed by atoms with Crippen LogP contribution in [0, 0.1) is 6.92 Å². The molecule has 19 heavy (non-hydrogen) atoms. The van der Waals surface area contributed by atoms with E-state index >= 15 is 0 Å². The molecule has 2 heterocycles. The van der Waals surface area contributed by atoms with Gasteiger partial charge in [0.05, 0.1) is 0 Å². The van der Waals surface area contributed by atoms with Crippen molar-refractivity contribution in [3.8, 4) is 5.75 Å². The minimum atomic E-state index is -0.284. The molecule has 4 rings (SSSR count). The molecule has 0 saturated heterocycles. The molecule has 96 valence electrons. The molecular weight excluding hydrogens is 240 g/mol. The lowest BCUT2D eigenvalue weighted by atomic mass is 9.86. The Kier molecular flexibility index (Phi) is 2.13. The molecule has 0 N–H and O–H groups in total. The minimum Gasteiger partial charge on any atom is -0.485 e. The van der Waals surface area contributed by atoms with Gasteiger partial charge in [0, 0.05) is 22.9 Å². The van der Waals surface area contributed by atoms with Crippen molar-refractivity contribution in [3.63, 3.8) is 0 Å². The van der Waals surface area contributed by atoms with E-state index in [4.69, 9.17) is 9.15 Å². The Labute approximate surface area is 110 Å². The molecule has 2 atom stereocenters. The number of fused-ring (bicyclic) bond motifs is 5. The van der Waals surface area contributed by atoms with Crippen LogP contribution in [0.15, 0.2) is 39.6 Å². The first kappa shape index (κ1) is 10.9. The second-order valence-electron chi connectivity index (χ2n) is 5.30. The summed E-state index contributed by atoms with van der Waals surface area (Å²) >= 11 is 0. The highest BCUT2D eigenvalue weighted by molar-refractivity contribution is 5.86. The predicted molar refractivity (Wildman–Crippen MR) is 72.8 cm³/mol. The summed E-state index contributed by atoms with van der Waals surface area (Å²) in [6.07, 6.45) is 6.48. The molecule has 0 saturated carbocycles. The van der Waals surface area contributed by atoms with Gasteiger partial charge in [-0.25, -0.2) is 4.79 Å². The molecule has 2 unspecified atom stereocenters. The number of benzene rings is 1. The van der Waals surface area contributed by atoms with Gasteiger partial charge in [0.15, 0.2) is 0 Å². The summed E-state index contributed by atoms with van der Waals surface area (Å²) in [4.78, 5) is 11.6. The highest BCUT2D eigenvalue weighted by Gasteiger charge is 2.36. The van der Waals surface area contributed by atoms with E-state index in [1.165, 1.54) is 0 Å². The fraction of sp³-hybridized carbons (Fsp3) is 0.312. The highest BCUT2D eigenvalue weighted by atomic mass is 16.5. The standard InChI is InChI=1S/C16H14O3/c1-9-8-14(17)19-16-10(9)6-7-13-15(16)11-4-2-3-5-12(11)18-13/h3,5-8,11-12H,2,4H2,1H3. The van der Waals surface area contributed by atoms with Crippen LogP contribution in [-0.2, 0) is 0 Å². The van der Waals surface area contributed by atoms with E-state index in [1.54, 1.807) is 6.07 Å². The smallest absolute Gasteiger partial charge is 0.336 e. The van der Waals surface area contributed by atoms with Crippen molar-refractivity contribution >= 4 is 11.0 Å². The van der Waals surface area contributed by atoms with Crippen LogP contribution in [-0.4, -0.2) is 6.10 Å². The first-order chi connectivity index (χ1) is 9.24. The van der Waals surface area contributed by atoms with E-state index in [0.717, 1.165) is 35.1 Å². The van der Waals surface area contributed by atoms with Crippen LogP contribution < -0.4 is 10.4 Å². The average molecular weight is 254 g/mol. The Bertz CT molecular complexity index is 754. The number of hydrogen-bond donors (Lipinski definition) is 0. The molecular formula is C16H14O3. The van der Waals surface area contributed by atoms with E-state index in [2.05, 4.69) is 12.2 Å². The maximum Gasteiger partial charge on any atom is 0.336 e. The normalized spacial score (nSPS) is 24.1. The number of rotatable bonds is 0. The molecule has 0 spiro atoms. The summed E-state index contributed by atoms with van der Waals surface area (Å²) in [6, 6.07) is 5.52. The van der Waals surface area contributed by atoms with Crippen molar-refractivity contribution in [1.82, 2.24) is 0 Å². The lowest BCUT2D eigenvalue weighted by Crippen LogP contribution is -2.18. The molecule has 1 aromatic heterocycles. The van der Waals surface area contributed by atoms with Crippen LogP contribution in [0.1, 0.15) is 29.9 Å². The van der Waals surface area contributed by atoms with E-state index in [0.29, 0.717) is 11.5 Å². The molecule has 2 aliphatic rings. The van der Waals surface area contributed by atoms with Gasteiger partial charge in [-0.2, -0.15) is 0 Å². The number of aryl methyl sites for hydroxylation is 1. The third-order valence-corrected chi connectivity index (χ3v) is 4.12. The number of hydrogen-bond acceptors (Lipinski definition) is 3. The summed E-state index contributed by atoms with van der Waals surface area (Å²) in [7, 11) is 0. The van der Waals surface area contributed by atoms with E-state index < -0.39 is 0 Å². The number of ether oxygens (including phenoxy) is 1. The van der Waals surface area contributed by atoms with E-state index in [-0.39, 0.29) is 11.7 Å². The Morgan fingerprint density at radius 1 is 1.32 bits per heavy atom. The first-order valence-corrected chi connectivity index (χ1v) is 6.65. The van der Waals surface area contributed by atoms with Crippen molar-refractivity contribution in [2.45, 2.75) is 31.8 Å². The third kappa shape index (κ3) is 1.47. The van der Waals surface area contributed by atoms with Gasteiger partial charge in [-0.05, 0) is 43.5 Å². The summed E-state index contributed by atoms with van der Waals surface area (Å²) < 4.78 is 11.4. The van der Waals surface area contributed by atoms with Gasteiger partial charge >= 0.3 is 5.63 Å². The Morgan fingerprint density at radius 3 is 3.11 bits per heavy atom. The van der Waals surface area contributed by atoms with Gasteiger partial charge < -0.3 is 9.15 Å². The monoisotopic (exact) mass is 254 g/mol. The lowest BCUT2D eigenvalue weighted by molar-refractivity contribution is 0.244. The van der Waals surface area contributed by atoms with Gasteiger partial charge in [0.25, 0.3) is 0 Å². The summed E-state index contributed by atoms with van der Waals surface area (Å²) in [6.45, 7) is 1.94. The van der Waals surface area contributed by atoms with Crippen molar-refractivity contribution in [2.75, 3.05) is 0 Å². The summed E-state index contributed by atoms with van der Waals surface area (Å²) in [5.41, 5.74) is 2.47. The van der Waals surface area contributed by atoms with Crippen molar-refractivity contribution in [1.29, 1.82) is 0 Å². The van der Waals surface area contributed by atoms with Crippen LogP contribution in [0.4, 0.5) is 0 Å². The Hall–Kier alpha value is -2.03. The second kappa shape index (κ2) is 3.73. The van der Waals surface area contributed by atoms with Crippen molar-refractivity contribution in [2.24, 2.45) is 0 Å². The second-order valence-corrected chi connectivity index (χ2v) is 5.30. The largest absolute Gasteiger partial charge is 0.485 e. The average Bonchev–Trinajstić information content (AvgIpc) is 2.77. The van der Waals surface area contributed by atoms with Crippen LogP contribution in [0.2, 0.25) is 0 Å². The fourth-order valence-corrected chi connectivity index (χ4v) is 3.22. The van der Waals surface area contributed by atoms with E-state index in [9.17, 15) is 4.79 Å². The summed E-state index contributed by atoms with van der Waals surface area (Å²) in [5, 5.41) is 1.01. The van der Waals surface area contributed by atoms with Crippen molar-refractivity contribution in [3.05, 3.63) is 51.9 Å². The SMILES string of the molecule is Cc1cc(=O)oc2c3c(ccc12)OC1C=CCCC31. The van der Waals surface area contributed by atoms with Crippen molar-refractivity contribution < 1.29 is 9.15 Å². The van der Waals surface area contributed by atoms with Gasteiger partial charge in [0.1, 0.15) is 17.4 Å². The zero-order valence-electron chi connectivity index (χ0n) is 10.7. The maximum atomic E-state index is 11.6.